The van der Waals surface area contributed by atoms with E-state index >= 15 is 0 Å². The second-order valence-electron chi connectivity index (χ2n) is 5.43. The molecule has 3 aromatic rings. The molecule has 1 amide bonds. The molecule has 5 nitrogen and oxygen atoms in total. The zero-order valence-electron chi connectivity index (χ0n) is 13.8. The molecule has 1 aromatic heterocycles. The number of amides is 1. The van der Waals surface area contributed by atoms with E-state index < -0.39 is 6.03 Å². The standard InChI is InChI=1S/C19H19N3O2/c1-3-21(4-2)19(24)22-18(23)16-13-9-8-12-15(16)17(20-22)14-10-6-5-7-11-14/h5-13H,3-4H2,1-2H3. The van der Waals surface area contributed by atoms with Crippen molar-refractivity contribution in [2.24, 2.45) is 0 Å². The normalized spacial score (nSPS) is 10.8. The van der Waals surface area contributed by atoms with Crippen LogP contribution in [0, 0.1) is 0 Å². The number of fused-ring (bicyclic) bond motifs is 1. The predicted octanol–water partition coefficient (Wildman–Crippen LogP) is 3.37. The summed E-state index contributed by atoms with van der Waals surface area (Å²) in [6.07, 6.45) is 0. The number of hydrogen-bond acceptors (Lipinski definition) is 3. The molecule has 0 aliphatic heterocycles. The summed E-state index contributed by atoms with van der Waals surface area (Å²) in [6, 6.07) is 16.4. The van der Waals surface area contributed by atoms with Crippen molar-refractivity contribution in [1.82, 2.24) is 14.7 Å². The number of aromatic nitrogens is 2. The maximum Gasteiger partial charge on any atom is 0.348 e. The van der Waals surface area contributed by atoms with Gasteiger partial charge in [0.05, 0.1) is 11.1 Å². The molecule has 0 atom stereocenters. The third kappa shape index (κ3) is 2.69. The van der Waals surface area contributed by atoms with Crippen LogP contribution < -0.4 is 5.56 Å². The van der Waals surface area contributed by atoms with Crippen LogP contribution in [0.1, 0.15) is 13.8 Å². The first-order valence-electron chi connectivity index (χ1n) is 8.04. The molecule has 3 rings (SSSR count). The molecular weight excluding hydrogens is 302 g/mol. The molecule has 5 heteroatoms. The van der Waals surface area contributed by atoms with E-state index in [0.29, 0.717) is 24.2 Å². The van der Waals surface area contributed by atoms with E-state index in [1.165, 1.54) is 0 Å². The van der Waals surface area contributed by atoms with Crippen molar-refractivity contribution in [2.45, 2.75) is 13.8 Å². The van der Waals surface area contributed by atoms with Crippen LogP contribution in [0.5, 0.6) is 0 Å². The lowest BCUT2D eigenvalue weighted by Crippen LogP contribution is -2.41. The van der Waals surface area contributed by atoms with Crippen molar-refractivity contribution in [3.63, 3.8) is 0 Å². The van der Waals surface area contributed by atoms with Crippen LogP contribution in [0.3, 0.4) is 0 Å². The number of benzene rings is 2. The van der Waals surface area contributed by atoms with E-state index in [-0.39, 0.29) is 5.56 Å². The van der Waals surface area contributed by atoms with E-state index in [1.54, 1.807) is 17.0 Å². The zero-order chi connectivity index (χ0) is 17.1. The maximum atomic E-state index is 12.7. The fraction of sp³-hybridized carbons (Fsp3) is 0.211. The van der Waals surface area contributed by atoms with Gasteiger partial charge in [0.2, 0.25) is 0 Å². The topological polar surface area (TPSA) is 55.2 Å². The van der Waals surface area contributed by atoms with E-state index in [1.807, 2.05) is 56.3 Å². The molecular formula is C19H19N3O2. The van der Waals surface area contributed by atoms with Crippen LogP contribution >= 0.6 is 0 Å². The third-order valence-electron chi connectivity index (χ3n) is 4.07. The van der Waals surface area contributed by atoms with Gasteiger partial charge in [-0.25, -0.2) is 4.79 Å². The first-order valence-corrected chi connectivity index (χ1v) is 8.04. The summed E-state index contributed by atoms with van der Waals surface area (Å²) in [7, 11) is 0. The second-order valence-corrected chi connectivity index (χ2v) is 5.43. The highest BCUT2D eigenvalue weighted by Gasteiger charge is 2.19. The highest BCUT2D eigenvalue weighted by Crippen LogP contribution is 2.24. The van der Waals surface area contributed by atoms with Gasteiger partial charge in [0.25, 0.3) is 5.56 Å². The molecule has 0 bridgehead atoms. The summed E-state index contributed by atoms with van der Waals surface area (Å²) in [4.78, 5) is 27.0. The molecule has 0 saturated carbocycles. The minimum Gasteiger partial charge on any atom is -0.323 e. The summed E-state index contributed by atoms with van der Waals surface area (Å²) >= 11 is 0. The van der Waals surface area contributed by atoms with E-state index in [9.17, 15) is 9.59 Å². The average Bonchev–Trinajstić information content (AvgIpc) is 2.64. The Morgan fingerprint density at radius 2 is 1.54 bits per heavy atom. The Labute approximate surface area is 140 Å². The second kappa shape index (κ2) is 6.66. The predicted molar refractivity (Wildman–Crippen MR) is 95.2 cm³/mol. The fourth-order valence-corrected chi connectivity index (χ4v) is 2.76. The minimum atomic E-state index is -0.395. The Morgan fingerprint density at radius 3 is 2.17 bits per heavy atom. The van der Waals surface area contributed by atoms with Crippen LogP contribution in [0.25, 0.3) is 22.0 Å². The molecule has 0 spiro atoms. The maximum absolute atomic E-state index is 12.7. The smallest absolute Gasteiger partial charge is 0.323 e. The van der Waals surface area contributed by atoms with Gasteiger partial charge in [0.1, 0.15) is 0 Å². The van der Waals surface area contributed by atoms with Crippen molar-refractivity contribution in [1.29, 1.82) is 0 Å². The molecule has 0 aliphatic carbocycles. The van der Waals surface area contributed by atoms with Crippen LogP contribution in [0.15, 0.2) is 59.4 Å². The molecule has 0 N–H and O–H groups in total. The Hall–Kier alpha value is -2.95. The third-order valence-corrected chi connectivity index (χ3v) is 4.07. The number of carbonyl (C=O) groups excluding carboxylic acids is 1. The lowest BCUT2D eigenvalue weighted by atomic mass is 10.1. The molecule has 0 unspecified atom stereocenters. The molecule has 24 heavy (non-hydrogen) atoms. The lowest BCUT2D eigenvalue weighted by Gasteiger charge is -2.19. The van der Waals surface area contributed by atoms with Gasteiger partial charge in [-0.05, 0) is 19.9 Å². The molecule has 2 aromatic carbocycles. The summed E-state index contributed by atoms with van der Waals surface area (Å²) in [5.41, 5.74) is 1.11. The number of carbonyl (C=O) groups is 1. The van der Waals surface area contributed by atoms with Crippen molar-refractivity contribution in [3.8, 4) is 11.3 Å². The molecule has 0 aliphatic rings. The summed E-state index contributed by atoms with van der Waals surface area (Å²) < 4.78 is 0.984. The summed E-state index contributed by atoms with van der Waals surface area (Å²) in [6.45, 7) is 4.81. The Morgan fingerprint density at radius 1 is 0.958 bits per heavy atom. The number of rotatable bonds is 3. The molecule has 122 valence electrons. The van der Waals surface area contributed by atoms with Crippen LogP contribution in [0.4, 0.5) is 4.79 Å². The highest BCUT2D eigenvalue weighted by molar-refractivity contribution is 5.95. The Balaban J connectivity index is 2.31. The van der Waals surface area contributed by atoms with Gasteiger partial charge in [0.15, 0.2) is 0 Å². The molecule has 0 radical (unpaired) electrons. The van der Waals surface area contributed by atoms with Gasteiger partial charge in [-0.3, -0.25) is 4.79 Å². The van der Waals surface area contributed by atoms with Gasteiger partial charge in [0, 0.05) is 24.0 Å². The quantitative estimate of drug-likeness (QED) is 0.743. The van der Waals surface area contributed by atoms with Crippen molar-refractivity contribution in [3.05, 3.63) is 65.0 Å². The summed E-state index contributed by atoms with van der Waals surface area (Å²) in [5.74, 6) is 0. The van der Waals surface area contributed by atoms with Gasteiger partial charge in [-0.2, -0.15) is 5.10 Å². The van der Waals surface area contributed by atoms with E-state index in [2.05, 4.69) is 5.10 Å². The molecule has 1 heterocycles. The fourth-order valence-electron chi connectivity index (χ4n) is 2.76. The Bertz CT molecular complexity index is 928. The van der Waals surface area contributed by atoms with E-state index in [0.717, 1.165) is 15.6 Å². The van der Waals surface area contributed by atoms with Gasteiger partial charge < -0.3 is 4.90 Å². The van der Waals surface area contributed by atoms with Crippen molar-refractivity contribution in [2.75, 3.05) is 13.1 Å². The highest BCUT2D eigenvalue weighted by atomic mass is 16.2. The molecule has 0 fully saturated rings. The minimum absolute atomic E-state index is 0.387. The van der Waals surface area contributed by atoms with Crippen molar-refractivity contribution < 1.29 is 4.79 Å². The van der Waals surface area contributed by atoms with E-state index in [4.69, 9.17) is 0 Å². The largest absolute Gasteiger partial charge is 0.348 e. The zero-order valence-corrected chi connectivity index (χ0v) is 13.8. The van der Waals surface area contributed by atoms with Crippen molar-refractivity contribution >= 4 is 16.8 Å². The SMILES string of the molecule is CCN(CC)C(=O)n1nc(-c2ccccc2)c2ccccc2c1=O. The monoisotopic (exact) mass is 321 g/mol. The van der Waals surface area contributed by atoms with Gasteiger partial charge in [-0.15, -0.1) is 4.68 Å². The van der Waals surface area contributed by atoms with Gasteiger partial charge >= 0.3 is 6.03 Å². The average molecular weight is 321 g/mol. The lowest BCUT2D eigenvalue weighted by molar-refractivity contribution is 0.200. The Kier molecular flexibility index (Phi) is 4.42. The van der Waals surface area contributed by atoms with Crippen LogP contribution in [-0.4, -0.2) is 33.8 Å². The van der Waals surface area contributed by atoms with Crippen LogP contribution in [0.2, 0.25) is 0 Å². The number of hydrogen-bond donors (Lipinski definition) is 0. The van der Waals surface area contributed by atoms with Gasteiger partial charge in [-0.1, -0.05) is 48.5 Å². The first-order chi connectivity index (χ1) is 11.7. The first kappa shape index (κ1) is 15.9. The molecule has 0 saturated heterocycles. The number of nitrogens with zero attached hydrogens (tertiary/aromatic N) is 3. The van der Waals surface area contributed by atoms with Crippen LogP contribution in [-0.2, 0) is 0 Å². The summed E-state index contributed by atoms with van der Waals surface area (Å²) in [5, 5.41) is 5.64.